The SMILES string of the molecule is CSc1nc2n(c(=O)n1)CCN2C(C)C. The van der Waals surface area contributed by atoms with Gasteiger partial charge in [-0.1, -0.05) is 11.8 Å². The summed E-state index contributed by atoms with van der Waals surface area (Å²) in [6.45, 7) is 5.74. The molecule has 0 saturated heterocycles. The van der Waals surface area contributed by atoms with Crippen LogP contribution in [-0.2, 0) is 6.54 Å². The number of rotatable bonds is 2. The van der Waals surface area contributed by atoms with Gasteiger partial charge in [0.2, 0.25) is 5.95 Å². The summed E-state index contributed by atoms with van der Waals surface area (Å²) in [6, 6.07) is 0.364. The quantitative estimate of drug-likeness (QED) is 0.691. The van der Waals surface area contributed by atoms with Crippen LogP contribution in [0, 0.1) is 0 Å². The molecule has 2 rings (SSSR count). The molecule has 2 heterocycles. The van der Waals surface area contributed by atoms with Crippen LogP contribution in [0.3, 0.4) is 0 Å². The number of fused-ring (bicyclic) bond motifs is 1. The molecule has 82 valence electrons. The molecular weight excluding hydrogens is 212 g/mol. The lowest BCUT2D eigenvalue weighted by molar-refractivity contribution is 0.689. The normalized spacial score (nSPS) is 14.8. The highest BCUT2D eigenvalue weighted by Crippen LogP contribution is 2.20. The molecule has 0 bridgehead atoms. The van der Waals surface area contributed by atoms with E-state index in [2.05, 4.69) is 28.7 Å². The van der Waals surface area contributed by atoms with E-state index in [1.54, 1.807) is 4.57 Å². The molecule has 15 heavy (non-hydrogen) atoms. The Hall–Kier alpha value is -1.04. The molecule has 0 unspecified atom stereocenters. The molecule has 0 N–H and O–H groups in total. The van der Waals surface area contributed by atoms with Gasteiger partial charge in [-0.15, -0.1) is 0 Å². The van der Waals surface area contributed by atoms with E-state index in [4.69, 9.17) is 0 Å². The summed E-state index contributed by atoms with van der Waals surface area (Å²) in [7, 11) is 0. The fourth-order valence-corrected chi connectivity index (χ4v) is 2.04. The molecule has 0 amide bonds. The third kappa shape index (κ3) is 1.73. The van der Waals surface area contributed by atoms with E-state index >= 15 is 0 Å². The zero-order valence-electron chi connectivity index (χ0n) is 9.10. The van der Waals surface area contributed by atoms with Crippen molar-refractivity contribution in [1.29, 1.82) is 0 Å². The highest BCUT2D eigenvalue weighted by atomic mass is 32.2. The van der Waals surface area contributed by atoms with Gasteiger partial charge in [0.15, 0.2) is 5.16 Å². The number of hydrogen-bond donors (Lipinski definition) is 0. The van der Waals surface area contributed by atoms with E-state index < -0.39 is 0 Å². The average Bonchev–Trinajstić information content (AvgIpc) is 2.61. The second-order valence-electron chi connectivity index (χ2n) is 3.73. The first kappa shape index (κ1) is 10.5. The van der Waals surface area contributed by atoms with Gasteiger partial charge in [-0.3, -0.25) is 4.57 Å². The van der Waals surface area contributed by atoms with Gasteiger partial charge < -0.3 is 4.90 Å². The van der Waals surface area contributed by atoms with Crippen molar-refractivity contribution in [2.45, 2.75) is 31.6 Å². The Morgan fingerprint density at radius 3 is 2.67 bits per heavy atom. The molecule has 0 fully saturated rings. The molecular formula is C9H14N4OS. The zero-order valence-corrected chi connectivity index (χ0v) is 9.91. The Morgan fingerprint density at radius 2 is 2.07 bits per heavy atom. The average molecular weight is 226 g/mol. The van der Waals surface area contributed by atoms with Crippen LogP contribution in [0.1, 0.15) is 13.8 Å². The number of thioether (sulfide) groups is 1. The van der Waals surface area contributed by atoms with Crippen LogP contribution in [0.4, 0.5) is 5.95 Å². The second-order valence-corrected chi connectivity index (χ2v) is 4.51. The van der Waals surface area contributed by atoms with Crippen LogP contribution >= 0.6 is 11.8 Å². The first-order chi connectivity index (χ1) is 7.13. The lowest BCUT2D eigenvalue weighted by atomic mass is 10.3. The minimum absolute atomic E-state index is 0.187. The van der Waals surface area contributed by atoms with Crippen LogP contribution in [0.2, 0.25) is 0 Å². The molecule has 1 aliphatic heterocycles. The van der Waals surface area contributed by atoms with Crippen LogP contribution in [0.15, 0.2) is 9.95 Å². The van der Waals surface area contributed by atoms with Gasteiger partial charge >= 0.3 is 5.69 Å². The lowest BCUT2D eigenvalue weighted by Gasteiger charge is -2.21. The van der Waals surface area contributed by atoms with E-state index in [0.717, 1.165) is 12.5 Å². The van der Waals surface area contributed by atoms with Gasteiger partial charge in [-0.05, 0) is 20.1 Å². The highest BCUT2D eigenvalue weighted by molar-refractivity contribution is 7.98. The van der Waals surface area contributed by atoms with Crippen LogP contribution in [-0.4, -0.2) is 33.4 Å². The summed E-state index contributed by atoms with van der Waals surface area (Å²) >= 11 is 1.40. The maximum absolute atomic E-state index is 11.6. The Morgan fingerprint density at radius 1 is 1.33 bits per heavy atom. The van der Waals surface area contributed by atoms with E-state index in [9.17, 15) is 4.79 Å². The second kappa shape index (κ2) is 3.84. The molecule has 0 radical (unpaired) electrons. The monoisotopic (exact) mass is 226 g/mol. The molecule has 1 aliphatic rings. The number of hydrogen-bond acceptors (Lipinski definition) is 5. The Kier molecular flexibility index (Phi) is 2.68. The smallest absolute Gasteiger partial charge is 0.338 e. The van der Waals surface area contributed by atoms with Gasteiger partial charge in [0.05, 0.1) is 0 Å². The number of nitrogens with zero attached hydrogens (tertiary/aromatic N) is 4. The molecule has 0 saturated carbocycles. The predicted molar refractivity (Wildman–Crippen MR) is 60.6 cm³/mol. The molecule has 1 aromatic rings. The fourth-order valence-electron chi connectivity index (χ4n) is 1.70. The van der Waals surface area contributed by atoms with Crippen LogP contribution < -0.4 is 10.6 Å². The standard InChI is InChI=1S/C9H14N4OS/c1-6(2)12-4-5-13-8(12)10-7(15-3)11-9(13)14/h6H,4-5H2,1-3H3. The third-order valence-corrected chi connectivity index (χ3v) is 3.03. The highest BCUT2D eigenvalue weighted by Gasteiger charge is 2.24. The zero-order chi connectivity index (χ0) is 11.0. The van der Waals surface area contributed by atoms with Gasteiger partial charge in [-0.2, -0.15) is 9.97 Å². The van der Waals surface area contributed by atoms with Crippen molar-refractivity contribution in [3.05, 3.63) is 10.5 Å². The maximum atomic E-state index is 11.6. The van der Waals surface area contributed by atoms with Crippen molar-refractivity contribution >= 4 is 17.7 Å². The summed E-state index contributed by atoms with van der Waals surface area (Å²) in [5, 5.41) is 0.554. The summed E-state index contributed by atoms with van der Waals surface area (Å²) in [5.74, 6) is 0.759. The van der Waals surface area contributed by atoms with Gasteiger partial charge in [-0.25, -0.2) is 4.79 Å². The summed E-state index contributed by atoms with van der Waals surface area (Å²) < 4.78 is 1.64. The van der Waals surface area contributed by atoms with E-state index in [1.807, 2.05) is 6.26 Å². The van der Waals surface area contributed by atoms with E-state index in [0.29, 0.717) is 17.7 Å². The van der Waals surface area contributed by atoms with Crippen LogP contribution in [0.25, 0.3) is 0 Å². The van der Waals surface area contributed by atoms with Crippen molar-refractivity contribution < 1.29 is 0 Å². The minimum Gasteiger partial charge on any atom is -0.338 e. The summed E-state index contributed by atoms with van der Waals surface area (Å²) in [5.41, 5.74) is -0.187. The van der Waals surface area contributed by atoms with Crippen molar-refractivity contribution in [3.8, 4) is 0 Å². The van der Waals surface area contributed by atoms with E-state index in [-0.39, 0.29) is 5.69 Å². The topological polar surface area (TPSA) is 51.0 Å². The molecule has 0 aliphatic carbocycles. The third-order valence-electron chi connectivity index (χ3n) is 2.49. The maximum Gasteiger partial charge on any atom is 0.352 e. The van der Waals surface area contributed by atoms with Crippen molar-refractivity contribution in [3.63, 3.8) is 0 Å². The Balaban J connectivity index is 2.51. The summed E-state index contributed by atoms with van der Waals surface area (Å²) in [4.78, 5) is 22.0. The largest absolute Gasteiger partial charge is 0.352 e. The molecule has 1 aromatic heterocycles. The van der Waals surface area contributed by atoms with E-state index in [1.165, 1.54) is 11.8 Å². The molecule has 0 atom stereocenters. The van der Waals surface area contributed by atoms with Crippen molar-refractivity contribution in [1.82, 2.24) is 14.5 Å². The van der Waals surface area contributed by atoms with Gasteiger partial charge in [0, 0.05) is 19.1 Å². The fraction of sp³-hybridized carbons (Fsp3) is 0.667. The molecule has 0 aromatic carbocycles. The van der Waals surface area contributed by atoms with Crippen molar-refractivity contribution in [2.24, 2.45) is 0 Å². The minimum atomic E-state index is -0.187. The number of anilines is 1. The molecule has 0 spiro atoms. The van der Waals surface area contributed by atoms with Gasteiger partial charge in [0.1, 0.15) is 0 Å². The first-order valence-electron chi connectivity index (χ1n) is 4.93. The van der Waals surface area contributed by atoms with Crippen molar-refractivity contribution in [2.75, 3.05) is 17.7 Å². The van der Waals surface area contributed by atoms with Crippen LogP contribution in [0.5, 0.6) is 0 Å². The first-order valence-corrected chi connectivity index (χ1v) is 6.15. The molecule has 6 heteroatoms. The summed E-state index contributed by atoms with van der Waals surface area (Å²) in [6.07, 6.45) is 1.88. The van der Waals surface area contributed by atoms with Gasteiger partial charge in [0.25, 0.3) is 0 Å². The molecule has 5 nitrogen and oxygen atoms in total. The predicted octanol–water partition coefficient (Wildman–Crippen LogP) is 0.589. The number of aromatic nitrogens is 3. The Labute approximate surface area is 92.5 Å². The Bertz CT molecular complexity index is 429. The lowest BCUT2D eigenvalue weighted by Crippen LogP contribution is -2.30.